The van der Waals surface area contributed by atoms with E-state index in [1.54, 1.807) is 6.20 Å². The molecule has 0 aliphatic heterocycles. The van der Waals surface area contributed by atoms with Crippen molar-refractivity contribution >= 4 is 46.4 Å². The predicted octanol–water partition coefficient (Wildman–Crippen LogP) is 2.04. The van der Waals surface area contributed by atoms with E-state index in [0.29, 0.717) is 25.2 Å². The number of H-pyrrole nitrogens is 1. The van der Waals surface area contributed by atoms with Crippen LogP contribution in [0.1, 0.15) is 61.1 Å². The largest absolute Gasteiger partial charge is 0.370 e. The fourth-order valence-corrected chi connectivity index (χ4v) is 7.11. The van der Waals surface area contributed by atoms with Crippen LogP contribution in [0.3, 0.4) is 0 Å². The van der Waals surface area contributed by atoms with Crippen LogP contribution in [0.2, 0.25) is 0 Å². The van der Waals surface area contributed by atoms with Crippen LogP contribution in [0.5, 0.6) is 0 Å². The van der Waals surface area contributed by atoms with Gasteiger partial charge in [-0.05, 0) is 67.2 Å². The molecule has 1 fully saturated rings. The normalized spacial score (nSPS) is 16.9. The zero-order valence-corrected chi connectivity index (χ0v) is 30.8. The van der Waals surface area contributed by atoms with Crippen molar-refractivity contribution in [3.8, 4) is 0 Å². The van der Waals surface area contributed by atoms with Crippen molar-refractivity contribution in [1.29, 1.82) is 0 Å². The summed E-state index contributed by atoms with van der Waals surface area (Å²) < 4.78 is 0. The predicted molar refractivity (Wildman–Crippen MR) is 211 cm³/mol. The number of rotatable bonds is 18. The van der Waals surface area contributed by atoms with Crippen LogP contribution in [-0.4, -0.2) is 71.7 Å². The molecule has 3 aromatic carbocycles. The van der Waals surface area contributed by atoms with Crippen molar-refractivity contribution in [2.24, 2.45) is 28.1 Å². The Morgan fingerprint density at radius 1 is 0.709 bits per heavy atom. The van der Waals surface area contributed by atoms with Crippen LogP contribution in [-0.2, 0) is 36.8 Å². The minimum atomic E-state index is -1.13. The smallest absolute Gasteiger partial charge is 0.243 e. The van der Waals surface area contributed by atoms with Gasteiger partial charge in [-0.3, -0.25) is 29.0 Å². The zero-order chi connectivity index (χ0) is 39.2. The number of hydrogen-bond acceptors (Lipinski definition) is 6. The third-order valence-electron chi connectivity index (χ3n) is 10.0. The summed E-state index contributed by atoms with van der Waals surface area (Å²) >= 11 is 0. The van der Waals surface area contributed by atoms with Crippen LogP contribution in [0.4, 0.5) is 0 Å². The van der Waals surface area contributed by atoms with E-state index in [4.69, 9.17) is 17.2 Å². The van der Waals surface area contributed by atoms with Gasteiger partial charge < -0.3 is 43.5 Å². The molecule has 1 saturated carbocycles. The number of nitrogens with one attached hydrogen (secondary N) is 5. The van der Waals surface area contributed by atoms with E-state index in [1.165, 1.54) is 5.56 Å². The van der Waals surface area contributed by atoms with Crippen molar-refractivity contribution in [2.75, 3.05) is 13.1 Å². The first kappa shape index (κ1) is 40.0. The Balaban J connectivity index is 1.33. The molecule has 55 heavy (non-hydrogen) atoms. The SMILES string of the molecule is NC(=O)CNC(=O)[C@H](Cc1c[nH]c2ccccc12)NC(=O)[C@H](CCCN=C(N)N)NC(=O)[C@@H](Cc1ccccc1)NC(=O)C1CCC(c2ccccc2)CC1. The Hall–Kier alpha value is -6.18. The van der Waals surface area contributed by atoms with Crippen LogP contribution in [0, 0.1) is 5.92 Å². The lowest BCUT2D eigenvalue weighted by Crippen LogP contribution is -2.58. The Kier molecular flexibility index (Phi) is 14.4. The maximum absolute atomic E-state index is 14.2. The molecule has 14 heteroatoms. The molecule has 0 saturated heterocycles. The van der Waals surface area contributed by atoms with Gasteiger partial charge in [-0.2, -0.15) is 0 Å². The number of para-hydroxylation sites is 1. The lowest BCUT2D eigenvalue weighted by Gasteiger charge is -2.30. The number of primary amides is 1. The molecular weight excluding hydrogens is 699 g/mol. The second-order valence-electron chi connectivity index (χ2n) is 14.0. The van der Waals surface area contributed by atoms with Gasteiger partial charge in [0.2, 0.25) is 29.5 Å². The number of carbonyl (C=O) groups is 5. The molecule has 0 unspecified atom stereocenters. The van der Waals surface area contributed by atoms with Gasteiger partial charge in [0.25, 0.3) is 0 Å². The first-order valence-corrected chi connectivity index (χ1v) is 18.7. The number of aromatic nitrogens is 1. The number of aliphatic imine (C=N–C) groups is 1. The maximum Gasteiger partial charge on any atom is 0.243 e. The summed E-state index contributed by atoms with van der Waals surface area (Å²) in [5.41, 5.74) is 20.0. The van der Waals surface area contributed by atoms with Crippen LogP contribution in [0.25, 0.3) is 10.9 Å². The number of hydrogen-bond donors (Lipinski definition) is 8. The fraction of sp³-hybridized carbons (Fsp3) is 0.366. The second-order valence-corrected chi connectivity index (χ2v) is 14.0. The Bertz CT molecular complexity index is 1940. The van der Waals surface area contributed by atoms with Gasteiger partial charge >= 0.3 is 0 Å². The number of guanidine groups is 1. The van der Waals surface area contributed by atoms with Gasteiger partial charge in [0, 0.05) is 42.4 Å². The van der Waals surface area contributed by atoms with Gasteiger partial charge in [0.05, 0.1) is 6.54 Å². The Morgan fingerprint density at radius 2 is 1.33 bits per heavy atom. The molecular formula is C41H51N9O5. The maximum atomic E-state index is 14.2. The second kappa shape index (κ2) is 19.8. The third kappa shape index (κ3) is 11.9. The molecule has 1 heterocycles. The first-order valence-electron chi connectivity index (χ1n) is 18.7. The standard InChI is InChI=1S/C41H51N9O5/c42-36(51)25-47-38(53)35(23-30-24-46-32-15-8-7-14-31(30)32)50-39(54)33(16-9-21-45-41(43)44)48-40(55)34(22-26-10-3-1-4-11-26)49-37(52)29-19-17-28(18-20-29)27-12-5-2-6-13-27/h1-8,10-15,24,28-29,33-35,46H,9,16-23,25H2,(H2,42,51)(H,47,53)(H,48,55)(H,49,52)(H,50,54)(H4,43,44,45)/t28?,29?,33-,34+,35-/m0/s1. The minimum absolute atomic E-state index is 0.0776. The van der Waals surface area contributed by atoms with E-state index in [9.17, 15) is 24.0 Å². The van der Waals surface area contributed by atoms with Crippen molar-refractivity contribution in [3.63, 3.8) is 0 Å². The summed E-state index contributed by atoms with van der Waals surface area (Å²) in [7, 11) is 0. The zero-order valence-electron chi connectivity index (χ0n) is 30.8. The van der Waals surface area contributed by atoms with E-state index in [-0.39, 0.29) is 43.6 Å². The highest BCUT2D eigenvalue weighted by Crippen LogP contribution is 2.35. The van der Waals surface area contributed by atoms with E-state index in [1.807, 2.05) is 72.8 Å². The monoisotopic (exact) mass is 749 g/mol. The topological polar surface area (TPSA) is 240 Å². The number of amides is 5. The molecule has 0 spiro atoms. The molecule has 14 nitrogen and oxygen atoms in total. The highest BCUT2D eigenvalue weighted by molar-refractivity contribution is 5.95. The molecule has 1 aliphatic rings. The van der Waals surface area contributed by atoms with Crippen LogP contribution < -0.4 is 38.5 Å². The third-order valence-corrected chi connectivity index (χ3v) is 10.0. The lowest BCUT2D eigenvalue weighted by atomic mass is 9.78. The van der Waals surface area contributed by atoms with E-state index < -0.39 is 48.3 Å². The number of fused-ring (bicyclic) bond motifs is 1. The highest BCUT2D eigenvalue weighted by Gasteiger charge is 2.33. The molecule has 5 rings (SSSR count). The highest BCUT2D eigenvalue weighted by atomic mass is 16.2. The number of nitrogens with two attached hydrogens (primary N) is 3. The summed E-state index contributed by atoms with van der Waals surface area (Å²) in [5.74, 6) is -2.76. The molecule has 0 bridgehead atoms. The van der Waals surface area contributed by atoms with Crippen LogP contribution in [0.15, 0.2) is 96.1 Å². The average Bonchev–Trinajstić information content (AvgIpc) is 3.60. The molecule has 3 atom stereocenters. The van der Waals surface area contributed by atoms with Crippen molar-refractivity contribution in [1.82, 2.24) is 26.3 Å². The van der Waals surface area contributed by atoms with Gasteiger partial charge in [-0.25, -0.2) is 0 Å². The average molecular weight is 750 g/mol. The summed E-state index contributed by atoms with van der Waals surface area (Å²) in [5, 5.41) is 12.0. The van der Waals surface area contributed by atoms with Gasteiger partial charge in [0.1, 0.15) is 18.1 Å². The summed E-state index contributed by atoms with van der Waals surface area (Å²) in [4.78, 5) is 74.0. The number of carbonyl (C=O) groups excluding carboxylic acids is 5. The number of aromatic amines is 1. The van der Waals surface area contributed by atoms with Crippen molar-refractivity contribution < 1.29 is 24.0 Å². The minimum Gasteiger partial charge on any atom is -0.370 e. The van der Waals surface area contributed by atoms with Crippen molar-refractivity contribution in [3.05, 3.63) is 108 Å². The molecule has 1 aliphatic carbocycles. The first-order chi connectivity index (χ1) is 26.6. The molecule has 5 amide bonds. The van der Waals surface area contributed by atoms with Gasteiger partial charge in [-0.15, -0.1) is 0 Å². The number of nitrogens with zero attached hydrogens (tertiary/aromatic N) is 1. The summed E-state index contributed by atoms with van der Waals surface area (Å²) in [6.07, 6.45) is 5.57. The lowest BCUT2D eigenvalue weighted by molar-refractivity contribution is -0.134. The van der Waals surface area contributed by atoms with Gasteiger partial charge in [-0.1, -0.05) is 78.9 Å². The fourth-order valence-electron chi connectivity index (χ4n) is 7.11. The number of benzene rings is 3. The quantitative estimate of drug-likeness (QED) is 0.0427. The molecule has 1 aromatic heterocycles. The molecule has 4 aromatic rings. The van der Waals surface area contributed by atoms with E-state index >= 15 is 0 Å². The Labute approximate surface area is 320 Å². The van der Waals surface area contributed by atoms with Crippen molar-refractivity contribution in [2.45, 2.75) is 75.4 Å². The molecule has 0 radical (unpaired) electrons. The summed E-state index contributed by atoms with van der Waals surface area (Å²) in [6, 6.07) is 23.9. The Morgan fingerprint density at radius 3 is 2.02 bits per heavy atom. The van der Waals surface area contributed by atoms with E-state index in [0.717, 1.165) is 34.9 Å². The molecule has 290 valence electrons. The van der Waals surface area contributed by atoms with E-state index in [2.05, 4.69) is 43.4 Å². The molecule has 11 N–H and O–H groups in total. The van der Waals surface area contributed by atoms with Crippen LogP contribution >= 0.6 is 0 Å². The summed E-state index contributed by atoms with van der Waals surface area (Å²) in [6.45, 7) is -0.234. The van der Waals surface area contributed by atoms with Gasteiger partial charge in [0.15, 0.2) is 5.96 Å².